The normalized spacial score (nSPS) is 22.4. The highest BCUT2D eigenvalue weighted by Crippen LogP contribution is 2.39. The van der Waals surface area contributed by atoms with Crippen molar-refractivity contribution in [1.29, 1.82) is 0 Å². The van der Waals surface area contributed by atoms with Gasteiger partial charge >= 0.3 is 5.97 Å². The molecule has 270 valence electrons. The summed E-state index contributed by atoms with van der Waals surface area (Å²) in [5.41, 5.74) is 0.381. The first-order valence-corrected chi connectivity index (χ1v) is 18.4. The monoisotopic (exact) mass is 742 g/mol. The molecule has 3 aliphatic rings. The van der Waals surface area contributed by atoms with Crippen LogP contribution in [0.5, 0.6) is 17.2 Å². The number of fused-ring (bicyclic) bond motifs is 1. The zero-order valence-corrected chi connectivity index (χ0v) is 30.6. The molecule has 0 spiro atoms. The van der Waals surface area contributed by atoms with E-state index in [-0.39, 0.29) is 58.7 Å². The van der Waals surface area contributed by atoms with Gasteiger partial charge in [-0.2, -0.15) is 4.31 Å². The van der Waals surface area contributed by atoms with Crippen molar-refractivity contribution in [2.24, 2.45) is 0 Å². The Labute approximate surface area is 297 Å². The minimum Gasteiger partial charge on any atom is -0.497 e. The highest BCUT2D eigenvalue weighted by molar-refractivity contribution is 7.90. The summed E-state index contributed by atoms with van der Waals surface area (Å²) in [5.74, 6) is -1.66. The van der Waals surface area contributed by atoms with E-state index in [9.17, 15) is 18.0 Å². The van der Waals surface area contributed by atoms with Crippen molar-refractivity contribution in [3.8, 4) is 17.2 Å². The van der Waals surface area contributed by atoms with Crippen LogP contribution in [0.3, 0.4) is 0 Å². The molecule has 17 heteroatoms. The van der Waals surface area contributed by atoms with E-state index in [0.717, 1.165) is 26.2 Å². The number of carbonyl (C=O) groups is 2. The molecule has 3 aliphatic heterocycles. The number of nitrogens with one attached hydrogen (secondary N) is 2. The molecule has 1 amide bonds. The Morgan fingerprint density at radius 1 is 0.980 bits per heavy atom. The smallest absolute Gasteiger partial charge is 0.347 e. The van der Waals surface area contributed by atoms with E-state index in [1.165, 1.54) is 25.6 Å². The van der Waals surface area contributed by atoms with Crippen LogP contribution < -0.4 is 24.8 Å². The first-order valence-electron chi connectivity index (χ1n) is 16.1. The fourth-order valence-electron chi connectivity index (χ4n) is 6.05. The quantitative estimate of drug-likeness (QED) is 0.228. The molecule has 4 heterocycles. The van der Waals surface area contributed by atoms with E-state index in [0.29, 0.717) is 28.7 Å². The van der Waals surface area contributed by atoms with E-state index in [1.54, 1.807) is 6.07 Å². The highest BCUT2D eigenvalue weighted by Gasteiger charge is 2.44. The zero-order valence-electron chi connectivity index (χ0n) is 28.3. The number of piperazine rings is 2. The molecule has 0 bridgehead atoms. The van der Waals surface area contributed by atoms with Crippen molar-refractivity contribution >= 4 is 45.1 Å². The van der Waals surface area contributed by atoms with Gasteiger partial charge in [0.2, 0.25) is 0 Å². The van der Waals surface area contributed by atoms with Crippen molar-refractivity contribution in [2.75, 3.05) is 80.4 Å². The second kappa shape index (κ2) is 16.0. The number of hydrogen-bond acceptors (Lipinski definition) is 13. The van der Waals surface area contributed by atoms with E-state index in [4.69, 9.17) is 42.1 Å². The molecule has 0 radical (unpaired) electrons. The van der Waals surface area contributed by atoms with Crippen molar-refractivity contribution in [2.45, 2.75) is 47.5 Å². The van der Waals surface area contributed by atoms with Gasteiger partial charge in [0.25, 0.3) is 15.9 Å². The number of benzene rings is 1. The van der Waals surface area contributed by atoms with Crippen LogP contribution >= 0.6 is 23.2 Å². The summed E-state index contributed by atoms with van der Waals surface area (Å²) in [5, 5.41) is 5.83. The lowest BCUT2D eigenvalue weighted by Crippen LogP contribution is -2.54. The average molecular weight is 744 g/mol. The third-order valence-corrected chi connectivity index (χ3v) is 11.4. The Kier molecular flexibility index (Phi) is 12.2. The van der Waals surface area contributed by atoms with Crippen molar-refractivity contribution in [1.82, 2.24) is 29.7 Å². The summed E-state index contributed by atoms with van der Waals surface area (Å²) in [4.78, 5) is 35.7. The van der Waals surface area contributed by atoms with Crippen molar-refractivity contribution in [3.05, 3.63) is 41.2 Å². The molecular weight excluding hydrogens is 699 g/mol. The number of likely N-dealkylation sites (N-methyl/N-ethyl adjacent to an activating group) is 2. The molecule has 0 aliphatic carbocycles. The van der Waals surface area contributed by atoms with Crippen molar-refractivity contribution < 1.29 is 37.0 Å². The Morgan fingerprint density at radius 2 is 1.53 bits per heavy atom. The SMILES string of the molecule is COc1cc(C(C)C)c2c(c1)S(=O)(=O)N(COC(=O)c1c(OCC(Cl)C3CN(C)CCN3)cncc1OCC(Cl)C1CN(C)CCN1)C2=O. The molecule has 0 saturated carbocycles. The van der Waals surface area contributed by atoms with Gasteiger partial charge in [0.1, 0.15) is 29.4 Å². The standard InChI is InChI=1S/C32H44Cl2N6O8S/c1-19(2)21-10-20(45-5)11-28-29(21)31(41)40(49(28,43)44)18-48-32(42)30-26(46-16-22(33)24-14-38(3)8-6-36-24)12-35-13-27(30)47-17-23(34)25-15-39(4)9-7-37-25/h10-13,19,22-25,36-37H,6-9,14-18H2,1-5H3. The molecule has 4 atom stereocenters. The number of nitrogens with zero attached hydrogens (tertiary/aromatic N) is 4. The van der Waals surface area contributed by atoms with Gasteiger partial charge < -0.3 is 39.4 Å². The van der Waals surface area contributed by atoms with E-state index >= 15 is 0 Å². The third kappa shape index (κ3) is 8.35. The lowest BCUT2D eigenvalue weighted by molar-refractivity contribution is 0.0349. The van der Waals surface area contributed by atoms with Crippen LogP contribution in [-0.2, 0) is 14.8 Å². The molecule has 2 N–H and O–H groups in total. The molecule has 2 fully saturated rings. The number of esters is 1. The molecule has 1 aromatic carbocycles. The molecule has 49 heavy (non-hydrogen) atoms. The number of aromatic nitrogens is 1. The van der Waals surface area contributed by atoms with Gasteiger partial charge in [0.15, 0.2) is 18.2 Å². The summed E-state index contributed by atoms with van der Waals surface area (Å²) >= 11 is 13.4. The highest BCUT2D eigenvalue weighted by atomic mass is 35.5. The lowest BCUT2D eigenvalue weighted by Gasteiger charge is -2.33. The van der Waals surface area contributed by atoms with Crippen LogP contribution in [0.25, 0.3) is 0 Å². The second-order valence-electron chi connectivity index (χ2n) is 12.8. The van der Waals surface area contributed by atoms with Gasteiger partial charge in [-0.25, -0.2) is 13.2 Å². The summed E-state index contributed by atoms with van der Waals surface area (Å²) < 4.78 is 50.6. The number of carbonyl (C=O) groups excluding carboxylic acids is 2. The number of amides is 1. The van der Waals surface area contributed by atoms with E-state index in [1.807, 2.05) is 27.9 Å². The fourth-order valence-corrected chi connectivity index (χ4v) is 7.98. The molecule has 1 aromatic heterocycles. The Hall–Kier alpha value is -2.92. The van der Waals surface area contributed by atoms with Gasteiger partial charge in [-0.3, -0.25) is 9.78 Å². The maximum absolute atomic E-state index is 13.8. The Morgan fingerprint density at radius 3 is 2.02 bits per heavy atom. The molecule has 4 unspecified atom stereocenters. The topological polar surface area (TPSA) is 152 Å². The van der Waals surface area contributed by atoms with Crippen LogP contribution in [0.4, 0.5) is 0 Å². The minimum absolute atomic E-state index is 0.0169. The van der Waals surface area contributed by atoms with Crippen LogP contribution in [0.2, 0.25) is 0 Å². The van der Waals surface area contributed by atoms with Crippen LogP contribution in [0, 0.1) is 0 Å². The fraction of sp³-hybridized carbons (Fsp3) is 0.594. The van der Waals surface area contributed by atoms with Crippen molar-refractivity contribution in [3.63, 3.8) is 0 Å². The number of ether oxygens (including phenoxy) is 4. The number of halogens is 2. The summed E-state index contributed by atoms with van der Waals surface area (Å²) in [6, 6.07) is 2.79. The van der Waals surface area contributed by atoms with Gasteiger partial charge in [0.05, 0.1) is 35.8 Å². The Balaban J connectivity index is 1.37. The number of sulfonamides is 1. The van der Waals surface area contributed by atoms with Crippen LogP contribution in [-0.4, -0.2) is 143 Å². The molecule has 14 nitrogen and oxygen atoms in total. The largest absolute Gasteiger partial charge is 0.497 e. The van der Waals surface area contributed by atoms with E-state index in [2.05, 4.69) is 25.4 Å². The van der Waals surface area contributed by atoms with Gasteiger partial charge in [-0.1, -0.05) is 13.8 Å². The number of rotatable bonds is 13. The molecule has 2 saturated heterocycles. The molecule has 5 rings (SSSR count). The molecular formula is C32H44Cl2N6O8S. The van der Waals surface area contributed by atoms with Gasteiger partial charge in [0, 0.05) is 57.4 Å². The van der Waals surface area contributed by atoms with E-state index < -0.39 is 39.4 Å². The van der Waals surface area contributed by atoms with Crippen LogP contribution in [0.15, 0.2) is 29.4 Å². The minimum atomic E-state index is -4.36. The van der Waals surface area contributed by atoms with Gasteiger partial charge in [-0.15, -0.1) is 23.2 Å². The predicted octanol–water partition coefficient (Wildman–Crippen LogP) is 1.95. The van der Waals surface area contributed by atoms with Gasteiger partial charge in [-0.05, 0) is 31.6 Å². The predicted molar refractivity (Wildman–Crippen MR) is 184 cm³/mol. The second-order valence-corrected chi connectivity index (χ2v) is 15.7. The Bertz CT molecular complexity index is 1580. The summed E-state index contributed by atoms with van der Waals surface area (Å²) in [6.07, 6.45) is 2.66. The number of pyridine rings is 1. The number of alkyl halides is 2. The maximum atomic E-state index is 13.8. The molecule has 2 aromatic rings. The summed E-state index contributed by atoms with van der Waals surface area (Å²) in [7, 11) is 1.06. The lowest BCUT2D eigenvalue weighted by atomic mass is 9.96. The average Bonchev–Trinajstić information content (AvgIpc) is 3.27. The third-order valence-electron chi connectivity index (χ3n) is 8.85. The number of hydrogen-bond donors (Lipinski definition) is 2. The maximum Gasteiger partial charge on any atom is 0.347 e. The first-order chi connectivity index (χ1) is 23.3. The van der Waals surface area contributed by atoms with Crippen LogP contribution in [0.1, 0.15) is 46.0 Å². The first kappa shape index (κ1) is 37.3. The summed E-state index contributed by atoms with van der Waals surface area (Å²) in [6.45, 7) is 7.56. The number of methoxy groups -OCH3 is 1. The zero-order chi connectivity index (χ0) is 35.5.